The van der Waals surface area contributed by atoms with Gasteiger partial charge in [-0.05, 0) is 6.42 Å². The molecule has 0 saturated heterocycles. The molecule has 0 unspecified atom stereocenters. The van der Waals surface area contributed by atoms with Gasteiger partial charge in [0, 0.05) is 19.1 Å². The van der Waals surface area contributed by atoms with Crippen LogP contribution in [0.2, 0.25) is 0 Å². The minimum Gasteiger partial charge on any atom is -0.396 e. The zero-order chi connectivity index (χ0) is 8.74. The predicted octanol–water partition coefficient (Wildman–Crippen LogP) is -1.01. The van der Waals surface area contributed by atoms with Crippen molar-refractivity contribution in [1.29, 1.82) is 0 Å². The van der Waals surface area contributed by atoms with Crippen molar-refractivity contribution in [2.24, 2.45) is 5.41 Å². The molecule has 0 fully saturated rings. The first-order valence-electron chi connectivity index (χ1n) is 3.56. The van der Waals surface area contributed by atoms with Crippen LogP contribution in [0, 0.1) is 5.41 Å². The third-order valence-corrected chi connectivity index (χ3v) is 1.76. The van der Waals surface area contributed by atoms with E-state index in [1.165, 1.54) is 7.11 Å². The van der Waals surface area contributed by atoms with E-state index in [-0.39, 0.29) is 26.4 Å². The molecule has 11 heavy (non-hydrogen) atoms. The van der Waals surface area contributed by atoms with Gasteiger partial charge in [0.05, 0.1) is 19.8 Å². The van der Waals surface area contributed by atoms with Crippen LogP contribution in [0.15, 0.2) is 0 Å². The highest BCUT2D eigenvalue weighted by molar-refractivity contribution is 4.76. The summed E-state index contributed by atoms with van der Waals surface area (Å²) >= 11 is 0. The largest absolute Gasteiger partial charge is 0.396 e. The van der Waals surface area contributed by atoms with Gasteiger partial charge in [0.25, 0.3) is 0 Å². The molecule has 0 spiro atoms. The van der Waals surface area contributed by atoms with Crippen molar-refractivity contribution >= 4 is 0 Å². The number of aliphatic hydroxyl groups is 3. The van der Waals surface area contributed by atoms with Crippen molar-refractivity contribution < 1.29 is 20.1 Å². The highest BCUT2D eigenvalue weighted by Gasteiger charge is 2.27. The Balaban J connectivity index is 3.96. The van der Waals surface area contributed by atoms with Gasteiger partial charge in [-0.2, -0.15) is 0 Å². The molecule has 3 N–H and O–H groups in total. The molecule has 0 rings (SSSR count). The Bertz CT molecular complexity index is 82.4. The summed E-state index contributed by atoms with van der Waals surface area (Å²) in [5.74, 6) is 0. The quantitative estimate of drug-likeness (QED) is 0.470. The fraction of sp³-hybridized carbons (Fsp3) is 1.00. The van der Waals surface area contributed by atoms with E-state index in [2.05, 4.69) is 0 Å². The molecule has 68 valence electrons. The average Bonchev–Trinajstić information content (AvgIpc) is 2.04. The number of aliphatic hydroxyl groups excluding tert-OH is 3. The van der Waals surface area contributed by atoms with Gasteiger partial charge in [-0.1, -0.05) is 0 Å². The summed E-state index contributed by atoms with van der Waals surface area (Å²) in [5.41, 5.74) is -0.677. The molecule has 0 atom stereocenters. The van der Waals surface area contributed by atoms with Crippen LogP contribution in [-0.4, -0.2) is 48.9 Å². The van der Waals surface area contributed by atoms with Crippen molar-refractivity contribution in [3.63, 3.8) is 0 Å². The molecule has 0 amide bonds. The van der Waals surface area contributed by atoms with Gasteiger partial charge in [-0.25, -0.2) is 0 Å². The maximum Gasteiger partial charge on any atom is 0.0563 e. The summed E-state index contributed by atoms with van der Waals surface area (Å²) in [6.07, 6.45) is 0.355. The van der Waals surface area contributed by atoms with Gasteiger partial charge >= 0.3 is 0 Å². The second-order valence-corrected chi connectivity index (χ2v) is 2.72. The van der Waals surface area contributed by atoms with E-state index in [1.54, 1.807) is 0 Å². The molecule has 0 aliphatic heterocycles. The summed E-state index contributed by atoms with van der Waals surface area (Å²) in [5, 5.41) is 26.4. The monoisotopic (exact) mass is 164 g/mol. The van der Waals surface area contributed by atoms with Crippen LogP contribution in [-0.2, 0) is 4.74 Å². The first-order chi connectivity index (χ1) is 5.24. The normalized spacial score (nSPS) is 12.0. The summed E-state index contributed by atoms with van der Waals surface area (Å²) in [6.45, 7) is -0.124. The molecule has 4 nitrogen and oxygen atoms in total. The first-order valence-corrected chi connectivity index (χ1v) is 3.56. The fourth-order valence-corrected chi connectivity index (χ4v) is 0.915. The Morgan fingerprint density at radius 3 is 2.00 bits per heavy atom. The molecule has 0 radical (unpaired) electrons. The van der Waals surface area contributed by atoms with E-state index in [0.717, 1.165) is 0 Å². The van der Waals surface area contributed by atoms with Crippen LogP contribution >= 0.6 is 0 Å². The van der Waals surface area contributed by atoms with Crippen LogP contribution in [0.4, 0.5) is 0 Å². The fourth-order valence-electron chi connectivity index (χ4n) is 0.915. The number of ether oxygens (including phenoxy) is 1. The molecular formula is C7H16O4. The summed E-state index contributed by atoms with van der Waals surface area (Å²) in [6, 6.07) is 0. The molecule has 0 aromatic heterocycles. The summed E-state index contributed by atoms with van der Waals surface area (Å²) in [4.78, 5) is 0. The lowest BCUT2D eigenvalue weighted by Crippen LogP contribution is -2.35. The molecule has 0 aromatic rings. The van der Waals surface area contributed by atoms with E-state index in [1.807, 2.05) is 0 Å². The molecule has 0 heterocycles. The zero-order valence-corrected chi connectivity index (χ0v) is 6.79. The number of methoxy groups -OCH3 is 1. The van der Waals surface area contributed by atoms with Gasteiger partial charge in [-0.15, -0.1) is 0 Å². The van der Waals surface area contributed by atoms with E-state index in [4.69, 9.17) is 20.1 Å². The van der Waals surface area contributed by atoms with Gasteiger partial charge in [0.2, 0.25) is 0 Å². The maximum absolute atomic E-state index is 8.89. The van der Waals surface area contributed by atoms with Crippen molar-refractivity contribution in [2.75, 3.05) is 33.5 Å². The smallest absolute Gasteiger partial charge is 0.0563 e. The second kappa shape index (κ2) is 5.49. The van der Waals surface area contributed by atoms with Gasteiger partial charge in [-0.3, -0.25) is 0 Å². The Kier molecular flexibility index (Phi) is 5.41. The SMILES string of the molecule is COCC(CO)(CO)CCO. The molecule has 4 heteroatoms. The van der Waals surface area contributed by atoms with E-state index in [0.29, 0.717) is 6.42 Å². The molecular weight excluding hydrogens is 148 g/mol. The highest BCUT2D eigenvalue weighted by Crippen LogP contribution is 2.20. The number of rotatable bonds is 6. The molecule has 0 bridgehead atoms. The lowest BCUT2D eigenvalue weighted by molar-refractivity contribution is -0.0261. The lowest BCUT2D eigenvalue weighted by atomic mass is 9.88. The Morgan fingerprint density at radius 1 is 1.18 bits per heavy atom. The van der Waals surface area contributed by atoms with E-state index in [9.17, 15) is 0 Å². The molecule has 0 aliphatic carbocycles. The average molecular weight is 164 g/mol. The van der Waals surface area contributed by atoms with Crippen LogP contribution < -0.4 is 0 Å². The Morgan fingerprint density at radius 2 is 1.73 bits per heavy atom. The number of hydrogen-bond acceptors (Lipinski definition) is 4. The van der Waals surface area contributed by atoms with Crippen molar-refractivity contribution in [1.82, 2.24) is 0 Å². The minimum absolute atomic E-state index is 0.0511. The first kappa shape index (κ1) is 10.8. The Hall–Kier alpha value is -0.160. The predicted molar refractivity (Wildman–Crippen MR) is 40.2 cm³/mol. The second-order valence-electron chi connectivity index (χ2n) is 2.72. The van der Waals surface area contributed by atoms with E-state index < -0.39 is 5.41 Å². The lowest BCUT2D eigenvalue weighted by Gasteiger charge is -2.27. The van der Waals surface area contributed by atoms with E-state index >= 15 is 0 Å². The zero-order valence-electron chi connectivity index (χ0n) is 6.79. The van der Waals surface area contributed by atoms with Crippen LogP contribution in [0.5, 0.6) is 0 Å². The maximum atomic E-state index is 8.89. The van der Waals surface area contributed by atoms with Crippen LogP contribution in [0.1, 0.15) is 6.42 Å². The third kappa shape index (κ3) is 3.16. The molecule has 0 aromatic carbocycles. The van der Waals surface area contributed by atoms with Gasteiger partial charge in [0.15, 0.2) is 0 Å². The standard InChI is InChI=1S/C7H16O4/c1-11-6-7(4-9,5-10)2-3-8/h8-10H,2-6H2,1H3. The molecule has 0 saturated carbocycles. The van der Waals surface area contributed by atoms with Gasteiger partial charge < -0.3 is 20.1 Å². The summed E-state index contributed by atoms with van der Waals surface area (Å²) in [7, 11) is 1.50. The third-order valence-electron chi connectivity index (χ3n) is 1.76. The number of hydrogen-bond donors (Lipinski definition) is 3. The van der Waals surface area contributed by atoms with Crippen molar-refractivity contribution in [3.05, 3.63) is 0 Å². The topological polar surface area (TPSA) is 69.9 Å². The van der Waals surface area contributed by atoms with Gasteiger partial charge in [0.1, 0.15) is 0 Å². The van der Waals surface area contributed by atoms with Crippen LogP contribution in [0.25, 0.3) is 0 Å². The summed E-state index contributed by atoms with van der Waals surface area (Å²) < 4.78 is 4.81. The van der Waals surface area contributed by atoms with Crippen LogP contribution in [0.3, 0.4) is 0 Å². The Labute approximate surface area is 66.4 Å². The van der Waals surface area contributed by atoms with Crippen molar-refractivity contribution in [2.45, 2.75) is 6.42 Å². The highest BCUT2D eigenvalue weighted by atomic mass is 16.5. The van der Waals surface area contributed by atoms with Crippen molar-refractivity contribution in [3.8, 4) is 0 Å². The molecule has 0 aliphatic rings. The minimum atomic E-state index is -0.677.